The van der Waals surface area contributed by atoms with Crippen molar-refractivity contribution in [2.24, 2.45) is 11.3 Å². The third kappa shape index (κ3) is 8.46. The molecule has 314 valence electrons. The quantitative estimate of drug-likeness (QED) is 0.156. The second-order valence-corrected chi connectivity index (χ2v) is 26.7. The molecule has 3 heteroatoms. The molecule has 1 atom stereocenters. The van der Waals surface area contributed by atoms with Gasteiger partial charge in [0.1, 0.15) is 0 Å². The van der Waals surface area contributed by atoms with Gasteiger partial charge in [-0.2, -0.15) is 0 Å². The van der Waals surface area contributed by atoms with Gasteiger partial charge in [0.15, 0.2) is 0 Å². The molecule has 0 saturated heterocycles. The maximum absolute atomic E-state index is 3.02. The molecule has 0 heterocycles. The second kappa shape index (κ2) is 17.5. The van der Waals surface area contributed by atoms with E-state index in [0.29, 0.717) is 5.92 Å². The Bertz CT molecular complexity index is 2690. The monoisotopic (exact) mass is 920 g/mol. The zero-order valence-corrected chi connectivity index (χ0v) is 41.9. The number of benzene rings is 6. The van der Waals surface area contributed by atoms with Crippen molar-refractivity contribution in [2.75, 3.05) is 0 Å². The molecule has 0 N–H and O–H groups in total. The van der Waals surface area contributed by atoms with Crippen LogP contribution in [-0.4, -0.2) is 3.21 Å². The molecule has 0 amide bonds. The van der Waals surface area contributed by atoms with Crippen molar-refractivity contribution in [3.8, 4) is 33.4 Å². The van der Waals surface area contributed by atoms with Crippen molar-refractivity contribution in [1.29, 1.82) is 0 Å². The molecular formula is C58H64Cl2Zr. The summed E-state index contributed by atoms with van der Waals surface area (Å²) < 4.78 is 5.10. The van der Waals surface area contributed by atoms with E-state index in [1.807, 2.05) is 0 Å². The van der Waals surface area contributed by atoms with Crippen LogP contribution in [0.15, 0.2) is 142 Å². The number of fused-ring (bicyclic) bond motifs is 4. The molecule has 0 aromatic heterocycles. The summed E-state index contributed by atoms with van der Waals surface area (Å²) in [5.41, 5.74) is 17.7. The van der Waals surface area contributed by atoms with E-state index in [9.17, 15) is 0 Å². The zero-order valence-electron chi connectivity index (χ0n) is 37.8. The first-order valence-corrected chi connectivity index (χ1v) is 26.0. The van der Waals surface area contributed by atoms with Gasteiger partial charge >= 0.3 is 365 Å². The Morgan fingerprint density at radius 2 is 1.21 bits per heavy atom. The van der Waals surface area contributed by atoms with Crippen LogP contribution in [0.1, 0.15) is 122 Å². The first kappa shape index (κ1) is 45.4. The van der Waals surface area contributed by atoms with Gasteiger partial charge in [0.05, 0.1) is 0 Å². The van der Waals surface area contributed by atoms with Crippen molar-refractivity contribution in [2.45, 2.75) is 112 Å². The predicted octanol–water partition coefficient (Wildman–Crippen LogP) is 16.1. The first-order chi connectivity index (χ1) is 28.2. The van der Waals surface area contributed by atoms with Gasteiger partial charge in [-0.05, 0) is 0 Å². The summed E-state index contributed by atoms with van der Waals surface area (Å²) in [6.07, 6.45) is 13.1. The summed E-state index contributed by atoms with van der Waals surface area (Å²) in [6.45, 7) is 22.2. The third-order valence-electron chi connectivity index (χ3n) is 14.1. The fourth-order valence-electron chi connectivity index (χ4n) is 10.7. The Kier molecular flexibility index (Phi) is 13.0. The molecule has 61 heavy (non-hydrogen) atoms. The van der Waals surface area contributed by atoms with E-state index in [2.05, 4.69) is 196 Å². The van der Waals surface area contributed by atoms with Gasteiger partial charge in [0.25, 0.3) is 0 Å². The summed E-state index contributed by atoms with van der Waals surface area (Å²) in [7, 11) is 0. The molecule has 9 rings (SSSR count). The summed E-state index contributed by atoms with van der Waals surface area (Å²) >= 11 is -3.02. The van der Waals surface area contributed by atoms with E-state index in [4.69, 9.17) is 0 Å². The van der Waals surface area contributed by atoms with Gasteiger partial charge in [-0.25, -0.2) is 0 Å². The van der Waals surface area contributed by atoms with E-state index in [1.54, 1.807) is 20.9 Å². The Hall–Kier alpha value is -3.61. The first-order valence-electron chi connectivity index (χ1n) is 22.3. The molecule has 6 aromatic carbocycles. The third-order valence-corrected chi connectivity index (χ3v) is 22.1. The van der Waals surface area contributed by atoms with Crippen molar-refractivity contribution < 1.29 is 21.3 Å². The van der Waals surface area contributed by atoms with Gasteiger partial charge in [0, 0.05) is 0 Å². The molecule has 1 fully saturated rings. The smallest absolute Gasteiger partial charge is 0.147 e. The van der Waals surface area contributed by atoms with Crippen molar-refractivity contribution in [3.05, 3.63) is 170 Å². The van der Waals surface area contributed by atoms with Crippen LogP contribution in [0, 0.1) is 11.3 Å². The second-order valence-electron chi connectivity index (χ2n) is 20.4. The van der Waals surface area contributed by atoms with Crippen LogP contribution in [0.2, 0.25) is 0 Å². The summed E-state index contributed by atoms with van der Waals surface area (Å²) in [6, 6.07) is 46.7. The number of hydrogen-bond donors (Lipinski definition) is 0. The van der Waals surface area contributed by atoms with Gasteiger partial charge in [0.2, 0.25) is 0 Å². The van der Waals surface area contributed by atoms with Crippen molar-refractivity contribution >= 4 is 42.1 Å². The molecule has 0 spiro atoms. The van der Waals surface area contributed by atoms with E-state index in [-0.39, 0.29) is 41.1 Å². The largest absolute Gasteiger partial charge is 0.147 e. The van der Waals surface area contributed by atoms with Gasteiger partial charge < -0.3 is 0 Å². The number of halogens is 2. The van der Waals surface area contributed by atoms with Crippen molar-refractivity contribution in [3.63, 3.8) is 0 Å². The number of allylic oxidation sites excluding steroid dienone is 4. The van der Waals surface area contributed by atoms with Gasteiger partial charge in [-0.1, -0.05) is 0 Å². The van der Waals surface area contributed by atoms with Crippen LogP contribution in [0.5, 0.6) is 0 Å². The minimum atomic E-state index is -3.02. The molecule has 3 aliphatic rings. The molecule has 0 aliphatic heterocycles. The Balaban J connectivity index is 0.00000281. The minimum Gasteiger partial charge on any atom is -0.147 e. The fourth-order valence-corrected chi connectivity index (χ4v) is 19.2. The van der Waals surface area contributed by atoms with Crippen LogP contribution < -0.4 is 3.27 Å². The molecule has 0 radical (unpaired) electrons. The number of rotatable bonds is 6. The van der Waals surface area contributed by atoms with E-state index in [1.165, 1.54) is 98.5 Å². The average Bonchev–Trinajstić information content (AvgIpc) is 3.80. The Morgan fingerprint density at radius 3 is 1.85 bits per heavy atom. The molecular weight excluding hydrogens is 859 g/mol. The maximum atomic E-state index is 2.79. The Labute approximate surface area is 387 Å². The summed E-state index contributed by atoms with van der Waals surface area (Å²) in [4.78, 5) is 0. The van der Waals surface area contributed by atoms with E-state index >= 15 is 0 Å². The maximum Gasteiger partial charge on any atom is -0.147 e. The predicted molar refractivity (Wildman–Crippen MR) is 267 cm³/mol. The fraction of sp³-hybridized carbons (Fsp3) is 0.328. The molecule has 0 nitrogen and oxygen atoms in total. The minimum absolute atomic E-state index is 0. The number of hydrogen-bond acceptors (Lipinski definition) is 0. The summed E-state index contributed by atoms with van der Waals surface area (Å²) in [5, 5.41) is 2.65. The molecule has 0 bridgehead atoms. The molecule has 6 aromatic rings. The van der Waals surface area contributed by atoms with E-state index in [0.717, 1.165) is 6.42 Å². The molecule has 1 saturated carbocycles. The van der Waals surface area contributed by atoms with Crippen molar-refractivity contribution in [1.82, 2.24) is 0 Å². The van der Waals surface area contributed by atoms with E-state index < -0.39 is 21.3 Å². The SMILES string of the molecule is C/[C](c1ccc2ccccc2c1)=[Zr](\[C]1=CC(C2(C)CCCCC2)=CC1C)[c]1c2c(cc(C(C)(C)C)c1-c1ccccc1)-c1cc(C(C)(C)C)c(-c3ccccc3)cc1C2.Cl.Cl. The van der Waals surface area contributed by atoms with Crippen LogP contribution in [0.25, 0.3) is 44.2 Å². The zero-order chi connectivity index (χ0) is 41.3. The molecule has 3 aliphatic carbocycles. The molecule has 1 unspecified atom stereocenters. The average molecular weight is 923 g/mol. The van der Waals surface area contributed by atoms with Crippen LogP contribution in [0.4, 0.5) is 0 Å². The van der Waals surface area contributed by atoms with Crippen LogP contribution in [-0.2, 0) is 38.5 Å². The topological polar surface area (TPSA) is 0 Å². The van der Waals surface area contributed by atoms with Crippen LogP contribution in [0.3, 0.4) is 0 Å². The van der Waals surface area contributed by atoms with Gasteiger partial charge in [-0.3, -0.25) is 0 Å². The summed E-state index contributed by atoms with van der Waals surface area (Å²) in [5.74, 6) is 0.423. The Morgan fingerprint density at radius 1 is 0.623 bits per heavy atom. The normalized spacial score (nSPS) is 17.4. The van der Waals surface area contributed by atoms with Gasteiger partial charge in [-0.15, -0.1) is 24.8 Å². The standard InChI is InChI=1S/C33H33.C13H19.C12H10.2ClH.Zr/c1-32(2,3)30-20-26-24(18-28(30)22-13-9-7-10-14-22)17-25-19-29(23-15-11-8-12-16-23)31(21-27(25)26)33(4,5)6;1-11-6-7-12(10-11)13(2)8-4-3-5-9-13;1-2-10-7-8-11-5-3-4-6-12(11)9-10;;;/h7-16,18,20-21H,17H2,1-6H3;7,10-11H,3-5,8-9H2,1-2H3;3-9H,1H3;2*1H;. The van der Waals surface area contributed by atoms with Crippen LogP contribution >= 0.6 is 24.8 Å².